The number of nitrogens with two attached hydrogens (primary N) is 1. The van der Waals surface area contributed by atoms with Gasteiger partial charge < -0.3 is 10.3 Å². The van der Waals surface area contributed by atoms with Gasteiger partial charge in [0.05, 0.1) is 0 Å². The van der Waals surface area contributed by atoms with E-state index in [-0.39, 0.29) is 0 Å². The molecular weight excluding hydrogens is 216 g/mol. The van der Waals surface area contributed by atoms with Crippen LogP contribution in [0.5, 0.6) is 0 Å². The molecule has 0 bridgehead atoms. The van der Waals surface area contributed by atoms with Crippen LogP contribution in [0.15, 0.2) is 18.3 Å². The van der Waals surface area contributed by atoms with E-state index in [1.165, 1.54) is 12.8 Å². The summed E-state index contributed by atoms with van der Waals surface area (Å²) in [7, 11) is 2.02. The fraction of sp³-hybridized carbons (Fsp3) is 0.455. The van der Waals surface area contributed by atoms with E-state index in [4.69, 9.17) is 5.84 Å². The Morgan fingerprint density at radius 3 is 3.12 bits per heavy atom. The maximum atomic E-state index is 5.49. The van der Waals surface area contributed by atoms with Crippen molar-refractivity contribution in [3.63, 3.8) is 0 Å². The second kappa shape index (κ2) is 3.89. The molecule has 0 saturated heterocycles. The lowest BCUT2D eigenvalue weighted by Gasteiger charge is -2.17. The second-order valence-corrected chi connectivity index (χ2v) is 4.57. The van der Waals surface area contributed by atoms with E-state index in [1.54, 1.807) is 4.52 Å². The van der Waals surface area contributed by atoms with Crippen molar-refractivity contribution in [1.82, 2.24) is 14.6 Å². The molecule has 17 heavy (non-hydrogen) atoms. The van der Waals surface area contributed by atoms with Gasteiger partial charge in [-0.25, -0.2) is 10.4 Å². The summed E-state index contributed by atoms with van der Waals surface area (Å²) in [5.41, 5.74) is 3.51. The van der Waals surface area contributed by atoms with Crippen LogP contribution in [-0.4, -0.2) is 28.2 Å². The molecule has 1 aliphatic rings. The molecule has 6 heteroatoms. The number of fused-ring (bicyclic) bond motifs is 1. The smallest absolute Gasteiger partial charge is 0.245 e. The highest BCUT2D eigenvalue weighted by Crippen LogP contribution is 2.30. The summed E-state index contributed by atoms with van der Waals surface area (Å²) in [6, 6.07) is 3.86. The van der Waals surface area contributed by atoms with E-state index < -0.39 is 0 Å². The average molecular weight is 232 g/mol. The standard InChI is InChI=1S/C11H16N6/c1-16(7-8-4-5-8)11-13-10(14-12)9-3-2-6-17(9)15-11/h2-3,6,8H,4-5,7,12H2,1H3,(H,13,14,15). The van der Waals surface area contributed by atoms with Crippen molar-refractivity contribution in [1.29, 1.82) is 0 Å². The molecule has 0 spiro atoms. The molecule has 3 rings (SSSR count). The summed E-state index contributed by atoms with van der Waals surface area (Å²) in [6.45, 7) is 1.01. The van der Waals surface area contributed by atoms with Crippen molar-refractivity contribution >= 4 is 17.3 Å². The van der Waals surface area contributed by atoms with E-state index in [0.717, 1.165) is 18.0 Å². The van der Waals surface area contributed by atoms with Crippen molar-refractivity contribution in [2.24, 2.45) is 11.8 Å². The maximum Gasteiger partial charge on any atom is 0.245 e. The highest BCUT2D eigenvalue weighted by atomic mass is 15.4. The average Bonchev–Trinajstić information content (AvgIpc) is 3.02. The molecule has 0 aromatic carbocycles. The van der Waals surface area contributed by atoms with Crippen LogP contribution >= 0.6 is 0 Å². The number of anilines is 2. The van der Waals surface area contributed by atoms with E-state index >= 15 is 0 Å². The molecule has 90 valence electrons. The van der Waals surface area contributed by atoms with Gasteiger partial charge in [0, 0.05) is 19.8 Å². The molecule has 1 saturated carbocycles. The number of hydrazine groups is 1. The largest absolute Gasteiger partial charge is 0.342 e. The van der Waals surface area contributed by atoms with Crippen molar-refractivity contribution < 1.29 is 0 Å². The maximum absolute atomic E-state index is 5.49. The van der Waals surface area contributed by atoms with Gasteiger partial charge in [0.25, 0.3) is 0 Å². The monoisotopic (exact) mass is 232 g/mol. The minimum absolute atomic E-state index is 0.655. The van der Waals surface area contributed by atoms with Crippen LogP contribution in [0.1, 0.15) is 12.8 Å². The Morgan fingerprint density at radius 2 is 2.41 bits per heavy atom. The van der Waals surface area contributed by atoms with Gasteiger partial charge in [-0.15, -0.1) is 5.10 Å². The molecule has 0 radical (unpaired) electrons. The minimum atomic E-state index is 0.655. The normalized spacial score (nSPS) is 15.2. The Balaban J connectivity index is 1.97. The first kappa shape index (κ1) is 10.3. The number of hydrogen-bond donors (Lipinski definition) is 2. The van der Waals surface area contributed by atoms with Crippen molar-refractivity contribution in [2.45, 2.75) is 12.8 Å². The molecule has 0 atom stereocenters. The van der Waals surface area contributed by atoms with Crippen molar-refractivity contribution in [2.75, 3.05) is 23.9 Å². The van der Waals surface area contributed by atoms with Crippen LogP contribution in [0.25, 0.3) is 5.52 Å². The second-order valence-electron chi connectivity index (χ2n) is 4.57. The van der Waals surface area contributed by atoms with Gasteiger partial charge in [0.15, 0.2) is 5.82 Å². The fourth-order valence-electron chi connectivity index (χ4n) is 1.96. The number of nitrogens with zero attached hydrogens (tertiary/aromatic N) is 4. The predicted octanol–water partition coefficient (Wildman–Crippen LogP) is 0.861. The first-order valence-corrected chi connectivity index (χ1v) is 5.81. The third-order valence-corrected chi connectivity index (χ3v) is 3.09. The molecule has 6 nitrogen and oxygen atoms in total. The van der Waals surface area contributed by atoms with E-state index in [0.29, 0.717) is 11.8 Å². The Bertz CT molecular complexity index is 530. The Hall–Kier alpha value is -1.82. The van der Waals surface area contributed by atoms with Gasteiger partial charge in [-0.1, -0.05) is 0 Å². The van der Waals surface area contributed by atoms with E-state index in [2.05, 4.69) is 20.4 Å². The van der Waals surface area contributed by atoms with E-state index in [1.807, 2.05) is 25.4 Å². The summed E-state index contributed by atoms with van der Waals surface area (Å²) in [5, 5.41) is 4.46. The van der Waals surface area contributed by atoms with Crippen LogP contribution in [0.3, 0.4) is 0 Å². The Kier molecular flexibility index (Phi) is 2.36. The molecule has 0 amide bonds. The van der Waals surface area contributed by atoms with Gasteiger partial charge in [0.1, 0.15) is 5.52 Å². The zero-order valence-corrected chi connectivity index (χ0v) is 9.80. The van der Waals surface area contributed by atoms with Crippen molar-refractivity contribution in [3.05, 3.63) is 18.3 Å². The number of nitrogens with one attached hydrogen (secondary N) is 1. The summed E-state index contributed by atoms with van der Waals surface area (Å²) >= 11 is 0. The number of aromatic nitrogens is 3. The van der Waals surface area contributed by atoms with Gasteiger partial charge >= 0.3 is 0 Å². The van der Waals surface area contributed by atoms with Crippen LogP contribution in [0.4, 0.5) is 11.8 Å². The first-order valence-electron chi connectivity index (χ1n) is 5.81. The lowest BCUT2D eigenvalue weighted by Crippen LogP contribution is -2.24. The van der Waals surface area contributed by atoms with Gasteiger partial charge in [-0.05, 0) is 30.9 Å². The predicted molar refractivity (Wildman–Crippen MR) is 66.8 cm³/mol. The third kappa shape index (κ3) is 1.91. The molecule has 1 fully saturated rings. The molecule has 2 heterocycles. The highest BCUT2D eigenvalue weighted by molar-refractivity contribution is 5.68. The summed E-state index contributed by atoms with van der Waals surface area (Å²) in [5.74, 6) is 7.65. The molecule has 3 N–H and O–H groups in total. The minimum Gasteiger partial charge on any atom is -0.342 e. The third-order valence-electron chi connectivity index (χ3n) is 3.09. The van der Waals surface area contributed by atoms with Crippen LogP contribution < -0.4 is 16.2 Å². The van der Waals surface area contributed by atoms with Crippen LogP contribution in [0, 0.1) is 5.92 Å². The lowest BCUT2D eigenvalue weighted by atomic mass is 10.4. The number of rotatable bonds is 4. The Morgan fingerprint density at radius 1 is 1.59 bits per heavy atom. The zero-order valence-electron chi connectivity index (χ0n) is 9.80. The van der Waals surface area contributed by atoms with Gasteiger partial charge in [-0.3, -0.25) is 0 Å². The van der Waals surface area contributed by atoms with Crippen molar-refractivity contribution in [3.8, 4) is 0 Å². The molecule has 2 aromatic rings. The summed E-state index contributed by atoms with van der Waals surface area (Å²) < 4.78 is 1.79. The zero-order chi connectivity index (χ0) is 11.8. The lowest BCUT2D eigenvalue weighted by molar-refractivity contribution is 0.744. The first-order chi connectivity index (χ1) is 8.28. The summed E-state index contributed by atoms with van der Waals surface area (Å²) in [4.78, 5) is 6.51. The molecule has 2 aromatic heterocycles. The van der Waals surface area contributed by atoms with Crippen LogP contribution in [0.2, 0.25) is 0 Å². The fourth-order valence-corrected chi connectivity index (χ4v) is 1.96. The molecule has 1 aliphatic carbocycles. The molecule has 0 aliphatic heterocycles. The van der Waals surface area contributed by atoms with Gasteiger partial charge in [-0.2, -0.15) is 4.98 Å². The molecule has 0 unspecified atom stereocenters. The number of nitrogen functional groups attached to an aromatic ring is 1. The van der Waals surface area contributed by atoms with E-state index in [9.17, 15) is 0 Å². The Labute approximate surface area is 99.4 Å². The number of hydrogen-bond acceptors (Lipinski definition) is 5. The van der Waals surface area contributed by atoms with Crippen LogP contribution in [-0.2, 0) is 0 Å². The molecular formula is C11H16N6. The SMILES string of the molecule is CN(CC1CC1)c1nc(NN)c2cccn2n1. The topological polar surface area (TPSA) is 71.5 Å². The summed E-state index contributed by atoms with van der Waals surface area (Å²) in [6.07, 6.45) is 4.53. The quantitative estimate of drug-likeness (QED) is 0.604. The highest BCUT2D eigenvalue weighted by Gasteiger charge is 2.24. The van der Waals surface area contributed by atoms with Gasteiger partial charge in [0.2, 0.25) is 5.95 Å².